The molecular formula is C17H27N3O3S. The summed E-state index contributed by atoms with van der Waals surface area (Å²) in [7, 11) is -3.48. The summed E-state index contributed by atoms with van der Waals surface area (Å²) >= 11 is 0. The first-order valence-corrected chi connectivity index (χ1v) is 9.67. The van der Waals surface area contributed by atoms with E-state index >= 15 is 0 Å². The molecule has 1 aliphatic heterocycles. The highest BCUT2D eigenvalue weighted by molar-refractivity contribution is 7.89. The SMILES string of the molecule is Cc1ccc(S(=O)(=O)N2CCC(C(=O)NCC(C)(C)N)CC2)cc1. The van der Waals surface area contributed by atoms with Crippen LogP contribution in [0.15, 0.2) is 29.2 Å². The van der Waals surface area contributed by atoms with Crippen LogP contribution < -0.4 is 11.1 Å². The predicted molar refractivity (Wildman–Crippen MR) is 93.9 cm³/mol. The number of nitrogens with one attached hydrogen (secondary N) is 1. The highest BCUT2D eigenvalue weighted by atomic mass is 32.2. The molecule has 1 aliphatic rings. The van der Waals surface area contributed by atoms with Gasteiger partial charge in [-0.25, -0.2) is 8.42 Å². The predicted octanol–water partition coefficient (Wildman–Crippen LogP) is 1.25. The molecule has 0 aliphatic carbocycles. The van der Waals surface area contributed by atoms with Crippen molar-refractivity contribution in [3.05, 3.63) is 29.8 Å². The molecule has 7 heteroatoms. The molecule has 0 aromatic heterocycles. The van der Waals surface area contributed by atoms with Gasteiger partial charge in [-0.15, -0.1) is 0 Å². The number of carbonyl (C=O) groups excluding carboxylic acids is 1. The second-order valence-electron chi connectivity index (χ2n) is 7.20. The summed E-state index contributed by atoms with van der Waals surface area (Å²) in [5, 5.41) is 2.85. The van der Waals surface area contributed by atoms with Crippen molar-refractivity contribution in [1.29, 1.82) is 0 Å². The van der Waals surface area contributed by atoms with E-state index in [-0.39, 0.29) is 11.8 Å². The van der Waals surface area contributed by atoms with Crippen LogP contribution >= 0.6 is 0 Å². The number of rotatable bonds is 5. The molecule has 0 spiro atoms. The average Bonchev–Trinajstić information content (AvgIpc) is 2.52. The van der Waals surface area contributed by atoms with Crippen LogP contribution in [0.2, 0.25) is 0 Å². The van der Waals surface area contributed by atoms with E-state index in [0.29, 0.717) is 37.4 Å². The van der Waals surface area contributed by atoms with Crippen LogP contribution in [-0.2, 0) is 14.8 Å². The molecule has 2 rings (SSSR count). The van der Waals surface area contributed by atoms with Gasteiger partial charge in [-0.2, -0.15) is 4.31 Å². The van der Waals surface area contributed by atoms with Crippen LogP contribution in [0.5, 0.6) is 0 Å². The molecular weight excluding hydrogens is 326 g/mol. The molecule has 1 aromatic rings. The second kappa shape index (κ2) is 7.21. The number of nitrogens with two attached hydrogens (primary N) is 1. The molecule has 1 heterocycles. The van der Waals surface area contributed by atoms with E-state index in [2.05, 4.69) is 5.32 Å². The fourth-order valence-electron chi connectivity index (χ4n) is 2.68. The molecule has 0 saturated carbocycles. The maximum Gasteiger partial charge on any atom is 0.243 e. The van der Waals surface area contributed by atoms with Gasteiger partial charge in [0.15, 0.2) is 0 Å². The van der Waals surface area contributed by atoms with Crippen LogP contribution in [0.4, 0.5) is 0 Å². The smallest absolute Gasteiger partial charge is 0.243 e. The minimum absolute atomic E-state index is 0.0408. The Morgan fingerprint density at radius 2 is 1.79 bits per heavy atom. The summed E-state index contributed by atoms with van der Waals surface area (Å²) in [5.74, 6) is -0.197. The van der Waals surface area contributed by atoms with E-state index in [9.17, 15) is 13.2 Å². The van der Waals surface area contributed by atoms with Crippen molar-refractivity contribution in [2.45, 2.75) is 44.0 Å². The van der Waals surface area contributed by atoms with Gasteiger partial charge >= 0.3 is 0 Å². The van der Waals surface area contributed by atoms with Gasteiger partial charge in [0.05, 0.1) is 4.90 Å². The fraction of sp³-hybridized carbons (Fsp3) is 0.588. The fourth-order valence-corrected chi connectivity index (χ4v) is 4.15. The number of hydrogen-bond donors (Lipinski definition) is 2. The van der Waals surface area contributed by atoms with E-state index in [1.165, 1.54) is 4.31 Å². The van der Waals surface area contributed by atoms with Gasteiger partial charge in [0.25, 0.3) is 0 Å². The number of amides is 1. The van der Waals surface area contributed by atoms with Gasteiger partial charge in [0.2, 0.25) is 15.9 Å². The number of hydrogen-bond acceptors (Lipinski definition) is 4. The largest absolute Gasteiger partial charge is 0.354 e. The Hall–Kier alpha value is -1.44. The molecule has 0 radical (unpaired) electrons. The summed E-state index contributed by atoms with van der Waals surface area (Å²) < 4.78 is 26.7. The normalized spacial score (nSPS) is 17.7. The Morgan fingerprint density at radius 3 is 2.29 bits per heavy atom. The molecule has 0 atom stereocenters. The first-order chi connectivity index (χ1) is 11.1. The van der Waals surface area contributed by atoms with E-state index < -0.39 is 15.6 Å². The maximum atomic E-state index is 12.6. The van der Waals surface area contributed by atoms with Gasteiger partial charge < -0.3 is 11.1 Å². The number of nitrogens with zero attached hydrogens (tertiary/aromatic N) is 1. The van der Waals surface area contributed by atoms with Crippen LogP contribution in [0.1, 0.15) is 32.3 Å². The number of piperidine rings is 1. The van der Waals surface area contributed by atoms with Gasteiger partial charge in [0, 0.05) is 31.1 Å². The lowest BCUT2D eigenvalue weighted by Crippen LogP contribution is -2.48. The number of aryl methyl sites for hydroxylation is 1. The highest BCUT2D eigenvalue weighted by Crippen LogP contribution is 2.24. The zero-order valence-electron chi connectivity index (χ0n) is 14.6. The maximum absolute atomic E-state index is 12.6. The van der Waals surface area contributed by atoms with Crippen LogP contribution in [0.3, 0.4) is 0 Å². The molecule has 3 N–H and O–H groups in total. The summed E-state index contributed by atoms with van der Waals surface area (Å²) in [4.78, 5) is 12.5. The first kappa shape index (κ1) is 18.9. The van der Waals surface area contributed by atoms with Crippen molar-refractivity contribution >= 4 is 15.9 Å². The molecule has 0 bridgehead atoms. The van der Waals surface area contributed by atoms with E-state index in [0.717, 1.165) is 5.56 Å². The molecule has 1 fully saturated rings. The number of carbonyl (C=O) groups is 1. The number of benzene rings is 1. The molecule has 1 saturated heterocycles. The van der Waals surface area contributed by atoms with Crippen molar-refractivity contribution in [2.75, 3.05) is 19.6 Å². The van der Waals surface area contributed by atoms with Gasteiger partial charge in [-0.1, -0.05) is 17.7 Å². The summed E-state index contributed by atoms with van der Waals surface area (Å²) in [6.07, 6.45) is 1.06. The van der Waals surface area contributed by atoms with Crippen LogP contribution in [0.25, 0.3) is 0 Å². The van der Waals surface area contributed by atoms with Crippen molar-refractivity contribution in [2.24, 2.45) is 11.7 Å². The third-order valence-electron chi connectivity index (χ3n) is 4.20. The Labute approximate surface area is 144 Å². The second-order valence-corrected chi connectivity index (χ2v) is 9.14. The van der Waals surface area contributed by atoms with Crippen molar-refractivity contribution in [3.63, 3.8) is 0 Å². The quantitative estimate of drug-likeness (QED) is 0.833. The average molecular weight is 353 g/mol. The Morgan fingerprint density at radius 1 is 1.25 bits per heavy atom. The zero-order chi connectivity index (χ0) is 18.0. The molecule has 6 nitrogen and oxygen atoms in total. The third-order valence-corrected chi connectivity index (χ3v) is 6.11. The lowest BCUT2D eigenvalue weighted by atomic mass is 9.96. The Balaban J connectivity index is 1.94. The van der Waals surface area contributed by atoms with E-state index in [4.69, 9.17) is 5.73 Å². The summed E-state index contributed by atoms with van der Waals surface area (Å²) in [6, 6.07) is 6.85. The number of sulfonamides is 1. The molecule has 24 heavy (non-hydrogen) atoms. The van der Waals surface area contributed by atoms with Gasteiger partial charge in [0.1, 0.15) is 0 Å². The molecule has 0 unspecified atom stereocenters. The van der Waals surface area contributed by atoms with Gasteiger partial charge in [-0.3, -0.25) is 4.79 Å². The third kappa shape index (κ3) is 4.78. The molecule has 1 amide bonds. The standard InChI is InChI=1S/C17H27N3O3S/c1-13-4-6-15(7-5-13)24(22,23)20-10-8-14(9-11-20)16(21)19-12-17(2,3)18/h4-7,14H,8-12,18H2,1-3H3,(H,19,21). The highest BCUT2D eigenvalue weighted by Gasteiger charge is 2.32. The van der Waals surface area contributed by atoms with E-state index in [1.807, 2.05) is 20.8 Å². The zero-order valence-corrected chi connectivity index (χ0v) is 15.4. The Kier molecular flexibility index (Phi) is 5.67. The topological polar surface area (TPSA) is 92.5 Å². The van der Waals surface area contributed by atoms with E-state index in [1.54, 1.807) is 24.3 Å². The monoisotopic (exact) mass is 353 g/mol. The molecule has 1 aromatic carbocycles. The van der Waals surface area contributed by atoms with Crippen LogP contribution in [-0.4, -0.2) is 43.8 Å². The van der Waals surface area contributed by atoms with Crippen LogP contribution in [0, 0.1) is 12.8 Å². The lowest BCUT2D eigenvalue weighted by Gasteiger charge is -2.31. The van der Waals surface area contributed by atoms with Crippen molar-refractivity contribution in [1.82, 2.24) is 9.62 Å². The summed E-state index contributed by atoms with van der Waals surface area (Å²) in [5.41, 5.74) is 6.43. The first-order valence-electron chi connectivity index (χ1n) is 8.23. The Bertz CT molecular complexity index is 670. The lowest BCUT2D eigenvalue weighted by molar-refractivity contribution is -0.126. The van der Waals surface area contributed by atoms with Gasteiger partial charge in [-0.05, 0) is 45.7 Å². The van der Waals surface area contributed by atoms with Crippen molar-refractivity contribution < 1.29 is 13.2 Å². The summed E-state index contributed by atoms with van der Waals surface area (Å²) in [6.45, 7) is 6.76. The van der Waals surface area contributed by atoms with Crippen molar-refractivity contribution in [3.8, 4) is 0 Å². The molecule has 134 valence electrons. The minimum Gasteiger partial charge on any atom is -0.354 e. The minimum atomic E-state index is -3.48.